The maximum Gasteiger partial charge on any atom is 0.287 e. The summed E-state index contributed by atoms with van der Waals surface area (Å²) in [4.78, 5) is 31.0. The summed E-state index contributed by atoms with van der Waals surface area (Å²) in [6.07, 6.45) is 4.45. The van der Waals surface area contributed by atoms with E-state index in [9.17, 15) is 9.59 Å². The Labute approximate surface area is 131 Å². The van der Waals surface area contributed by atoms with Crippen LogP contribution in [0, 0.1) is 0 Å². The van der Waals surface area contributed by atoms with Crippen molar-refractivity contribution in [2.24, 2.45) is 0 Å². The van der Waals surface area contributed by atoms with Crippen LogP contribution in [0.25, 0.3) is 0 Å². The van der Waals surface area contributed by atoms with Crippen LogP contribution in [0.1, 0.15) is 53.5 Å². The van der Waals surface area contributed by atoms with Gasteiger partial charge in [-0.3, -0.25) is 9.59 Å². The van der Waals surface area contributed by atoms with Crippen LogP contribution in [0.5, 0.6) is 0 Å². The molecule has 6 nitrogen and oxygen atoms in total. The largest absolute Gasteiger partial charge is 0.346 e. The molecular weight excluding hydrogens is 280 g/mol. The molecule has 1 aromatic heterocycles. The average molecular weight is 304 g/mol. The Bertz CT molecular complexity index is 573. The van der Waals surface area contributed by atoms with Crippen molar-refractivity contribution in [3.05, 3.63) is 29.9 Å². The molecule has 2 amide bonds. The summed E-state index contributed by atoms with van der Waals surface area (Å²) in [5.74, 6) is 0.00660. The van der Waals surface area contributed by atoms with Crippen molar-refractivity contribution >= 4 is 11.8 Å². The lowest BCUT2D eigenvalue weighted by Gasteiger charge is -2.20. The van der Waals surface area contributed by atoms with Crippen molar-refractivity contribution in [1.29, 1.82) is 0 Å². The Kier molecular flexibility index (Phi) is 5.35. The van der Waals surface area contributed by atoms with Gasteiger partial charge in [-0.25, -0.2) is 4.98 Å². The van der Waals surface area contributed by atoms with Crippen LogP contribution in [0.2, 0.25) is 0 Å². The minimum atomic E-state index is -0.248. The molecule has 22 heavy (non-hydrogen) atoms. The molecular formula is C16H24N4O2. The minimum absolute atomic E-state index is 0.0848. The van der Waals surface area contributed by atoms with Gasteiger partial charge in [0.05, 0.1) is 5.69 Å². The van der Waals surface area contributed by atoms with Gasteiger partial charge in [0.1, 0.15) is 5.69 Å². The zero-order chi connectivity index (χ0) is 16.1. The molecule has 0 unspecified atom stereocenters. The number of rotatable bonds is 6. The summed E-state index contributed by atoms with van der Waals surface area (Å²) in [7, 11) is 0. The SMILES string of the molecule is C=CCNC(=O)c1nc(C(=O)N(CC)CC)c2n1CCCC2. The molecule has 1 aromatic rings. The number of fused-ring (bicyclic) bond motifs is 1. The van der Waals surface area contributed by atoms with E-state index in [0.29, 0.717) is 31.2 Å². The van der Waals surface area contributed by atoms with Gasteiger partial charge >= 0.3 is 0 Å². The Morgan fingerprint density at radius 3 is 2.73 bits per heavy atom. The molecule has 0 atom stereocenters. The van der Waals surface area contributed by atoms with Crippen molar-refractivity contribution < 1.29 is 9.59 Å². The first-order valence-corrected chi connectivity index (χ1v) is 7.91. The number of aromatic nitrogens is 2. The quantitative estimate of drug-likeness (QED) is 0.812. The number of hydrogen-bond donors (Lipinski definition) is 1. The van der Waals surface area contributed by atoms with E-state index in [2.05, 4.69) is 16.9 Å². The highest BCUT2D eigenvalue weighted by molar-refractivity contribution is 5.97. The normalized spacial score (nSPS) is 13.4. The number of nitrogens with zero attached hydrogens (tertiary/aromatic N) is 3. The zero-order valence-corrected chi connectivity index (χ0v) is 13.4. The molecule has 0 saturated heterocycles. The van der Waals surface area contributed by atoms with Gasteiger partial charge in [-0.05, 0) is 33.1 Å². The van der Waals surface area contributed by atoms with E-state index in [-0.39, 0.29) is 11.8 Å². The fraction of sp³-hybridized carbons (Fsp3) is 0.562. The Hall–Kier alpha value is -2.11. The molecule has 0 aliphatic carbocycles. The van der Waals surface area contributed by atoms with Crippen LogP contribution in [0.15, 0.2) is 12.7 Å². The smallest absolute Gasteiger partial charge is 0.287 e. The lowest BCUT2D eigenvalue weighted by Crippen LogP contribution is -2.31. The molecule has 6 heteroatoms. The van der Waals surface area contributed by atoms with Crippen molar-refractivity contribution in [2.75, 3.05) is 19.6 Å². The molecule has 1 aliphatic heterocycles. The maximum absolute atomic E-state index is 12.6. The van der Waals surface area contributed by atoms with Crippen LogP contribution in [0.4, 0.5) is 0 Å². The molecule has 0 bridgehead atoms. The Morgan fingerprint density at radius 1 is 1.36 bits per heavy atom. The van der Waals surface area contributed by atoms with Gasteiger partial charge in [0, 0.05) is 26.2 Å². The fourth-order valence-electron chi connectivity index (χ4n) is 2.79. The monoisotopic (exact) mass is 304 g/mol. The van der Waals surface area contributed by atoms with Gasteiger partial charge in [-0.1, -0.05) is 6.08 Å². The van der Waals surface area contributed by atoms with Crippen molar-refractivity contribution in [3.63, 3.8) is 0 Å². The van der Waals surface area contributed by atoms with Gasteiger partial charge in [0.25, 0.3) is 11.8 Å². The van der Waals surface area contributed by atoms with Crippen LogP contribution >= 0.6 is 0 Å². The lowest BCUT2D eigenvalue weighted by molar-refractivity contribution is 0.0766. The van der Waals surface area contributed by atoms with Crippen molar-refractivity contribution in [1.82, 2.24) is 19.8 Å². The highest BCUT2D eigenvalue weighted by Crippen LogP contribution is 2.22. The average Bonchev–Trinajstić information content (AvgIpc) is 2.93. The third kappa shape index (κ3) is 3.05. The van der Waals surface area contributed by atoms with E-state index >= 15 is 0 Å². The highest BCUT2D eigenvalue weighted by Gasteiger charge is 2.28. The Morgan fingerprint density at radius 2 is 2.09 bits per heavy atom. The van der Waals surface area contributed by atoms with Crippen molar-refractivity contribution in [2.45, 2.75) is 39.7 Å². The topological polar surface area (TPSA) is 67.2 Å². The first-order chi connectivity index (χ1) is 10.6. The second kappa shape index (κ2) is 7.24. The molecule has 0 spiro atoms. The molecule has 120 valence electrons. The summed E-state index contributed by atoms with van der Waals surface area (Å²) in [5.41, 5.74) is 1.33. The van der Waals surface area contributed by atoms with Gasteiger partial charge in [0.15, 0.2) is 5.82 Å². The highest BCUT2D eigenvalue weighted by atomic mass is 16.2. The summed E-state index contributed by atoms with van der Waals surface area (Å²) in [5, 5.41) is 2.74. The van der Waals surface area contributed by atoms with Crippen LogP contribution in [-0.2, 0) is 13.0 Å². The van der Waals surface area contributed by atoms with E-state index in [1.807, 2.05) is 18.4 Å². The predicted octanol–water partition coefficient (Wildman–Crippen LogP) is 1.62. The molecule has 0 radical (unpaired) electrons. The number of hydrogen-bond acceptors (Lipinski definition) is 3. The molecule has 0 saturated carbocycles. The van der Waals surface area contributed by atoms with Crippen molar-refractivity contribution in [3.8, 4) is 0 Å². The van der Waals surface area contributed by atoms with Gasteiger partial charge < -0.3 is 14.8 Å². The predicted molar refractivity (Wildman–Crippen MR) is 84.9 cm³/mol. The van der Waals surface area contributed by atoms with Crippen LogP contribution in [0.3, 0.4) is 0 Å². The molecule has 2 rings (SSSR count). The van der Waals surface area contributed by atoms with E-state index < -0.39 is 0 Å². The number of amides is 2. The second-order valence-electron chi connectivity index (χ2n) is 5.32. The maximum atomic E-state index is 12.6. The fourth-order valence-corrected chi connectivity index (χ4v) is 2.79. The molecule has 1 aliphatic rings. The summed E-state index contributed by atoms with van der Waals surface area (Å²) in [6, 6.07) is 0. The first kappa shape index (κ1) is 16.3. The van der Waals surface area contributed by atoms with Crippen LogP contribution in [-0.4, -0.2) is 45.9 Å². The van der Waals surface area contributed by atoms with E-state index in [4.69, 9.17) is 0 Å². The summed E-state index contributed by atoms with van der Waals surface area (Å²) >= 11 is 0. The van der Waals surface area contributed by atoms with Crippen LogP contribution < -0.4 is 5.32 Å². The number of nitrogens with one attached hydrogen (secondary N) is 1. The second-order valence-corrected chi connectivity index (χ2v) is 5.32. The minimum Gasteiger partial charge on any atom is -0.346 e. The molecule has 0 fully saturated rings. The van der Waals surface area contributed by atoms with Gasteiger partial charge in [-0.15, -0.1) is 6.58 Å². The number of imidazole rings is 1. The number of carbonyl (C=O) groups is 2. The molecule has 0 aromatic carbocycles. The van der Waals surface area contributed by atoms with Gasteiger partial charge in [0.2, 0.25) is 0 Å². The zero-order valence-electron chi connectivity index (χ0n) is 13.4. The van der Waals surface area contributed by atoms with E-state index in [0.717, 1.165) is 31.5 Å². The lowest BCUT2D eigenvalue weighted by atomic mass is 10.1. The first-order valence-electron chi connectivity index (χ1n) is 7.91. The third-order valence-corrected chi connectivity index (χ3v) is 3.98. The molecule has 2 heterocycles. The van der Waals surface area contributed by atoms with Gasteiger partial charge in [-0.2, -0.15) is 0 Å². The number of carbonyl (C=O) groups excluding carboxylic acids is 2. The molecule has 1 N–H and O–H groups in total. The summed E-state index contributed by atoms with van der Waals surface area (Å²) in [6.45, 7) is 9.89. The van der Waals surface area contributed by atoms with E-state index in [1.54, 1.807) is 11.0 Å². The van der Waals surface area contributed by atoms with E-state index in [1.165, 1.54) is 0 Å². The third-order valence-electron chi connectivity index (χ3n) is 3.98. The Balaban J connectivity index is 2.39. The summed E-state index contributed by atoms with van der Waals surface area (Å²) < 4.78 is 1.90. The standard InChI is InChI=1S/C16H24N4O2/c1-4-10-17-15(21)14-18-13(16(22)19(5-2)6-3)12-9-7-8-11-20(12)14/h4H,1,5-11H2,2-3H3,(H,17,21).